The molecule has 0 aromatic rings. The van der Waals surface area contributed by atoms with Crippen molar-refractivity contribution in [3.05, 3.63) is 0 Å². The summed E-state index contributed by atoms with van der Waals surface area (Å²) in [5, 5.41) is 33.2. The molecule has 0 saturated carbocycles. The Morgan fingerprint density at radius 3 is 0.800 bits per heavy atom. The molecule has 0 N–H and O–H groups in total. The van der Waals surface area contributed by atoms with Crippen molar-refractivity contribution in [3.8, 4) is 0 Å². The predicted molar refractivity (Wildman–Crippen MR) is 25.2 cm³/mol. The maximum Gasteiger partial charge on any atom is 2.00 e. The third kappa shape index (κ3) is 193. The first-order valence-corrected chi connectivity index (χ1v) is 1.38. The molecule has 0 bridgehead atoms. The van der Waals surface area contributed by atoms with Gasteiger partial charge in [-0.25, -0.2) is 0 Å². The monoisotopic (exact) mass is 236 g/mol. The Kier molecular flexibility index (Phi) is 39.2. The van der Waals surface area contributed by atoms with Crippen molar-refractivity contribution in [2.45, 2.75) is 0 Å². The first-order valence-electron chi connectivity index (χ1n) is 1.38. The molecule has 0 unspecified atom stereocenters. The van der Waals surface area contributed by atoms with Gasteiger partial charge in [0.1, 0.15) is 14.8 Å². The Hall–Kier alpha value is 2.08. The summed E-state index contributed by atoms with van der Waals surface area (Å²) in [7, 11) is -6.33. The number of halogens is 2. The molecule has 0 aromatic heterocycles. The molecule has 10 heavy (non-hydrogen) atoms. The zero-order valence-corrected chi connectivity index (χ0v) is 9.85. The molecule has 0 atom stereocenters. The largest absolute Gasteiger partial charge is 2.00 e. The molecule has 0 amide bonds. The fraction of sp³-hybridized carbons (Fsp3) is 0. The summed E-state index contributed by atoms with van der Waals surface area (Å²) in [5.74, 6) is 0. The van der Waals surface area contributed by atoms with Gasteiger partial charge >= 0.3 is 68.5 Å². The second kappa shape index (κ2) is 17.2. The van der Waals surface area contributed by atoms with Gasteiger partial charge in [-0.3, -0.25) is 0 Å². The van der Waals surface area contributed by atoms with Crippen molar-refractivity contribution in [2.75, 3.05) is 0 Å². The van der Waals surface area contributed by atoms with Crippen molar-refractivity contribution >= 4 is 83.3 Å². The van der Waals surface area contributed by atoms with E-state index < -0.39 is 14.8 Å². The Morgan fingerprint density at radius 2 is 0.800 bits per heavy atom. The fourth-order valence-corrected chi connectivity index (χ4v) is 0. The van der Waals surface area contributed by atoms with Gasteiger partial charge in [-0.2, -0.15) is 0 Å². The normalized spacial score (nSPS) is 5.40. The van der Waals surface area contributed by atoms with Gasteiger partial charge in [-0.15, -0.1) is 0 Å². The molecule has 0 heterocycles. The molecule has 0 rings (SSSR count). The SMILES string of the molecule is [Mg+2].[O-]B([O-])F.[O-]B([O-])F.[Sr+2]. The molecule has 4 nitrogen and oxygen atoms in total. The van der Waals surface area contributed by atoms with Crippen molar-refractivity contribution in [2.24, 2.45) is 0 Å². The second-order valence-electron chi connectivity index (χ2n) is 0.549. The van der Waals surface area contributed by atoms with Crippen LogP contribution in [0.1, 0.15) is 0 Å². The van der Waals surface area contributed by atoms with Crippen LogP contribution < -0.4 is 20.1 Å². The minimum atomic E-state index is -3.17. The third-order valence-electron chi connectivity index (χ3n) is 0. The van der Waals surface area contributed by atoms with E-state index in [1.165, 1.54) is 0 Å². The van der Waals surface area contributed by atoms with Crippen LogP contribution in [-0.4, -0.2) is 83.3 Å². The maximum absolute atomic E-state index is 9.89. The van der Waals surface area contributed by atoms with Crippen LogP contribution in [0.5, 0.6) is 0 Å². The molecule has 0 radical (unpaired) electrons. The molecule has 0 aromatic carbocycles. The van der Waals surface area contributed by atoms with Crippen LogP contribution in [0.15, 0.2) is 0 Å². The van der Waals surface area contributed by atoms with Crippen LogP contribution in [0.3, 0.4) is 0 Å². The molecule has 0 aliphatic carbocycles. The van der Waals surface area contributed by atoms with E-state index in [2.05, 4.69) is 0 Å². The Balaban J connectivity index is -0.0000000300. The van der Waals surface area contributed by atoms with Gasteiger partial charge in [0, 0.05) is 0 Å². The van der Waals surface area contributed by atoms with Crippen molar-refractivity contribution in [1.82, 2.24) is 0 Å². The van der Waals surface area contributed by atoms with Gasteiger partial charge in [0.25, 0.3) is 0 Å². The van der Waals surface area contributed by atoms with Crippen LogP contribution in [0.4, 0.5) is 8.63 Å². The van der Waals surface area contributed by atoms with Crippen LogP contribution in [0.2, 0.25) is 0 Å². The Morgan fingerprint density at radius 1 is 0.800 bits per heavy atom. The predicted octanol–water partition coefficient (Wildman–Crippen LogP) is -5.44. The van der Waals surface area contributed by atoms with Crippen molar-refractivity contribution in [1.29, 1.82) is 0 Å². The standard InChI is InChI=1S/2BFO2.Mg.Sr/c2*2-1(3)4;;/q2*-2;2*+2. The number of hydrogen-bond donors (Lipinski definition) is 0. The van der Waals surface area contributed by atoms with Crippen molar-refractivity contribution in [3.63, 3.8) is 0 Å². The van der Waals surface area contributed by atoms with Crippen molar-refractivity contribution < 1.29 is 28.7 Å². The minimum absolute atomic E-state index is 0. The summed E-state index contributed by atoms with van der Waals surface area (Å²) in [6, 6.07) is 0. The molecule has 0 spiro atoms. The second-order valence-corrected chi connectivity index (χ2v) is 0.549. The molecular formula is B2F2MgO4Sr. The average molecular weight is 236 g/mol. The van der Waals surface area contributed by atoms with Crippen LogP contribution in [-0.2, 0) is 0 Å². The van der Waals surface area contributed by atoms with E-state index in [1.807, 2.05) is 0 Å². The van der Waals surface area contributed by atoms with E-state index in [-0.39, 0.29) is 68.5 Å². The fourth-order valence-electron chi connectivity index (χ4n) is 0. The van der Waals surface area contributed by atoms with Gasteiger partial charge < -0.3 is 28.7 Å². The summed E-state index contributed by atoms with van der Waals surface area (Å²) in [4.78, 5) is 0. The Labute approximate surface area is 110 Å². The molecular weight excluding hydrogens is 236 g/mol. The molecule has 0 aliphatic heterocycles. The number of hydrogen-bond acceptors (Lipinski definition) is 4. The summed E-state index contributed by atoms with van der Waals surface area (Å²) < 4.78 is 19.8. The zero-order valence-electron chi connectivity index (χ0n) is 4.96. The molecule has 10 heteroatoms. The number of rotatable bonds is 0. The third-order valence-corrected chi connectivity index (χ3v) is 0. The topological polar surface area (TPSA) is 92.2 Å². The van der Waals surface area contributed by atoms with Gasteiger partial charge in [0.2, 0.25) is 0 Å². The first-order chi connectivity index (χ1) is 3.46. The molecule has 48 valence electrons. The van der Waals surface area contributed by atoms with E-state index in [9.17, 15) is 8.63 Å². The van der Waals surface area contributed by atoms with E-state index in [0.29, 0.717) is 0 Å². The smallest absolute Gasteiger partial charge is 0.867 e. The van der Waals surface area contributed by atoms with E-state index in [0.717, 1.165) is 0 Å². The van der Waals surface area contributed by atoms with Gasteiger partial charge in [-0.1, -0.05) is 0 Å². The van der Waals surface area contributed by atoms with E-state index in [4.69, 9.17) is 20.1 Å². The maximum atomic E-state index is 9.89. The van der Waals surface area contributed by atoms with Crippen LogP contribution >= 0.6 is 0 Å². The Bertz CT molecular complexity index is 36.7. The average Bonchev–Trinajstić information content (AvgIpc) is 1.25. The van der Waals surface area contributed by atoms with E-state index >= 15 is 0 Å². The summed E-state index contributed by atoms with van der Waals surface area (Å²) in [6.45, 7) is 0. The molecule has 0 fully saturated rings. The zero-order chi connectivity index (χ0) is 7.15. The summed E-state index contributed by atoms with van der Waals surface area (Å²) in [5.41, 5.74) is 0. The quantitative estimate of drug-likeness (QED) is 0.392. The summed E-state index contributed by atoms with van der Waals surface area (Å²) in [6.07, 6.45) is 0. The van der Waals surface area contributed by atoms with Crippen LogP contribution in [0, 0.1) is 0 Å². The molecule has 0 aliphatic rings. The van der Waals surface area contributed by atoms with Gasteiger partial charge in [0.15, 0.2) is 0 Å². The van der Waals surface area contributed by atoms with Gasteiger partial charge in [0.05, 0.1) is 0 Å². The molecule has 0 saturated heterocycles. The van der Waals surface area contributed by atoms with E-state index in [1.54, 1.807) is 0 Å². The summed E-state index contributed by atoms with van der Waals surface area (Å²) >= 11 is 0. The van der Waals surface area contributed by atoms with Crippen LogP contribution in [0.25, 0.3) is 0 Å². The minimum Gasteiger partial charge on any atom is -0.867 e. The first kappa shape index (κ1) is 22.7. The van der Waals surface area contributed by atoms with Gasteiger partial charge in [-0.05, 0) is 0 Å².